The summed E-state index contributed by atoms with van der Waals surface area (Å²) < 4.78 is 10.1. The number of benzene rings is 1. The SMILES string of the molecule is COCCCNC(=O)CNc1cc(C)ccc1OC. The number of carbonyl (C=O) groups excluding carboxylic acids is 1. The molecule has 0 heterocycles. The molecular weight excluding hydrogens is 244 g/mol. The summed E-state index contributed by atoms with van der Waals surface area (Å²) in [5, 5.41) is 5.89. The number of aryl methyl sites for hydroxylation is 1. The molecule has 0 aliphatic heterocycles. The predicted octanol–water partition coefficient (Wildman–Crippen LogP) is 1.57. The minimum atomic E-state index is -0.0420. The lowest BCUT2D eigenvalue weighted by atomic mass is 10.2. The first-order valence-electron chi connectivity index (χ1n) is 6.31. The molecule has 0 spiro atoms. The normalized spacial score (nSPS) is 10.1. The number of amides is 1. The molecule has 0 saturated carbocycles. The van der Waals surface area contributed by atoms with Crippen molar-refractivity contribution in [1.29, 1.82) is 0 Å². The van der Waals surface area contributed by atoms with Crippen molar-refractivity contribution >= 4 is 11.6 Å². The Morgan fingerprint density at radius 1 is 1.32 bits per heavy atom. The summed E-state index contributed by atoms with van der Waals surface area (Å²) in [5.74, 6) is 0.692. The van der Waals surface area contributed by atoms with Crippen molar-refractivity contribution in [3.63, 3.8) is 0 Å². The highest BCUT2D eigenvalue weighted by molar-refractivity contribution is 5.81. The van der Waals surface area contributed by atoms with Gasteiger partial charge in [0.15, 0.2) is 0 Å². The third-order valence-corrected chi connectivity index (χ3v) is 2.64. The van der Waals surface area contributed by atoms with Crippen molar-refractivity contribution < 1.29 is 14.3 Å². The summed E-state index contributed by atoms with van der Waals surface area (Å²) >= 11 is 0. The zero-order chi connectivity index (χ0) is 14.1. The van der Waals surface area contributed by atoms with E-state index in [1.807, 2.05) is 25.1 Å². The number of carbonyl (C=O) groups is 1. The maximum Gasteiger partial charge on any atom is 0.239 e. The van der Waals surface area contributed by atoms with Crippen molar-refractivity contribution in [2.75, 3.05) is 39.2 Å². The van der Waals surface area contributed by atoms with E-state index in [0.29, 0.717) is 13.2 Å². The van der Waals surface area contributed by atoms with Crippen LogP contribution in [0.25, 0.3) is 0 Å². The Bertz CT molecular complexity index is 408. The van der Waals surface area contributed by atoms with Gasteiger partial charge in [-0.15, -0.1) is 0 Å². The zero-order valence-corrected chi connectivity index (χ0v) is 11.8. The third-order valence-electron chi connectivity index (χ3n) is 2.64. The van der Waals surface area contributed by atoms with Crippen LogP contribution in [0, 0.1) is 6.92 Å². The average Bonchev–Trinajstić information content (AvgIpc) is 2.41. The Kier molecular flexibility index (Phi) is 6.74. The van der Waals surface area contributed by atoms with Gasteiger partial charge >= 0.3 is 0 Å². The van der Waals surface area contributed by atoms with Crippen LogP contribution < -0.4 is 15.4 Å². The Balaban J connectivity index is 2.39. The minimum Gasteiger partial charge on any atom is -0.495 e. The van der Waals surface area contributed by atoms with E-state index in [1.54, 1.807) is 14.2 Å². The quantitative estimate of drug-likeness (QED) is 0.701. The van der Waals surface area contributed by atoms with Crippen LogP contribution in [0.5, 0.6) is 5.75 Å². The van der Waals surface area contributed by atoms with Gasteiger partial charge in [-0.2, -0.15) is 0 Å². The lowest BCUT2D eigenvalue weighted by Gasteiger charge is -2.12. The highest BCUT2D eigenvalue weighted by atomic mass is 16.5. The smallest absolute Gasteiger partial charge is 0.239 e. The van der Waals surface area contributed by atoms with Gasteiger partial charge in [-0.25, -0.2) is 0 Å². The van der Waals surface area contributed by atoms with Crippen molar-refractivity contribution in [1.82, 2.24) is 5.32 Å². The Morgan fingerprint density at radius 3 is 2.79 bits per heavy atom. The topological polar surface area (TPSA) is 59.6 Å². The van der Waals surface area contributed by atoms with Crippen LogP contribution in [0.1, 0.15) is 12.0 Å². The molecule has 0 aromatic heterocycles. The van der Waals surface area contributed by atoms with Gasteiger partial charge in [-0.1, -0.05) is 6.07 Å². The molecule has 0 radical (unpaired) electrons. The number of rotatable bonds is 8. The minimum absolute atomic E-state index is 0.0420. The first kappa shape index (κ1) is 15.3. The molecule has 0 bridgehead atoms. The number of ether oxygens (including phenoxy) is 2. The fourth-order valence-electron chi connectivity index (χ4n) is 1.64. The van der Waals surface area contributed by atoms with E-state index in [1.165, 1.54) is 0 Å². The maximum atomic E-state index is 11.6. The third kappa shape index (κ3) is 5.61. The Morgan fingerprint density at radius 2 is 2.11 bits per heavy atom. The molecule has 106 valence electrons. The number of methoxy groups -OCH3 is 2. The molecule has 0 unspecified atom stereocenters. The largest absolute Gasteiger partial charge is 0.495 e. The summed E-state index contributed by atoms with van der Waals surface area (Å²) in [4.78, 5) is 11.6. The van der Waals surface area contributed by atoms with Crippen molar-refractivity contribution in [3.05, 3.63) is 23.8 Å². The van der Waals surface area contributed by atoms with Crippen LogP contribution in [-0.4, -0.2) is 39.8 Å². The van der Waals surface area contributed by atoms with E-state index >= 15 is 0 Å². The van der Waals surface area contributed by atoms with Gasteiger partial charge in [0.2, 0.25) is 5.91 Å². The highest BCUT2D eigenvalue weighted by Gasteiger charge is 2.05. The molecule has 1 aromatic rings. The monoisotopic (exact) mass is 266 g/mol. The second-order valence-electron chi connectivity index (χ2n) is 4.25. The Hall–Kier alpha value is -1.75. The van der Waals surface area contributed by atoms with E-state index in [9.17, 15) is 4.79 Å². The fourth-order valence-corrected chi connectivity index (χ4v) is 1.64. The lowest BCUT2D eigenvalue weighted by molar-refractivity contribution is -0.119. The first-order valence-corrected chi connectivity index (χ1v) is 6.31. The van der Waals surface area contributed by atoms with E-state index in [0.717, 1.165) is 23.4 Å². The standard InChI is InChI=1S/C14H22N2O3/c1-11-5-6-13(19-3)12(9-11)16-10-14(17)15-7-4-8-18-2/h5-6,9,16H,4,7-8,10H2,1-3H3,(H,15,17). The van der Waals surface area contributed by atoms with Crippen molar-refractivity contribution in [3.8, 4) is 5.75 Å². The summed E-state index contributed by atoms with van der Waals surface area (Å²) in [5.41, 5.74) is 1.94. The van der Waals surface area contributed by atoms with Crippen LogP contribution in [0.3, 0.4) is 0 Å². The van der Waals surface area contributed by atoms with E-state index in [2.05, 4.69) is 10.6 Å². The molecular formula is C14H22N2O3. The predicted molar refractivity (Wildman–Crippen MR) is 75.7 cm³/mol. The van der Waals surface area contributed by atoms with Gasteiger partial charge in [0, 0.05) is 20.3 Å². The second-order valence-corrected chi connectivity index (χ2v) is 4.25. The fraction of sp³-hybridized carbons (Fsp3) is 0.500. The molecule has 5 nitrogen and oxygen atoms in total. The van der Waals surface area contributed by atoms with Crippen LogP contribution in [0.15, 0.2) is 18.2 Å². The molecule has 1 aromatic carbocycles. The maximum absolute atomic E-state index is 11.6. The summed E-state index contributed by atoms with van der Waals surface area (Å²) in [6, 6.07) is 5.81. The molecule has 2 N–H and O–H groups in total. The molecule has 0 saturated heterocycles. The highest BCUT2D eigenvalue weighted by Crippen LogP contribution is 2.24. The molecule has 1 amide bonds. The average molecular weight is 266 g/mol. The van der Waals surface area contributed by atoms with Gasteiger partial charge in [-0.3, -0.25) is 4.79 Å². The number of nitrogens with one attached hydrogen (secondary N) is 2. The molecule has 0 aliphatic rings. The van der Waals surface area contributed by atoms with Crippen LogP contribution in [-0.2, 0) is 9.53 Å². The second kappa shape index (κ2) is 8.37. The van der Waals surface area contributed by atoms with Crippen LogP contribution in [0.2, 0.25) is 0 Å². The van der Waals surface area contributed by atoms with Crippen molar-refractivity contribution in [2.45, 2.75) is 13.3 Å². The molecule has 0 aliphatic carbocycles. The summed E-state index contributed by atoms with van der Waals surface area (Å²) in [6.07, 6.45) is 0.815. The molecule has 5 heteroatoms. The van der Waals surface area contributed by atoms with Crippen LogP contribution >= 0.6 is 0 Å². The Labute approximate surface area is 114 Å². The first-order chi connectivity index (χ1) is 9.17. The molecule has 0 fully saturated rings. The lowest BCUT2D eigenvalue weighted by Crippen LogP contribution is -2.31. The van der Waals surface area contributed by atoms with Gasteiger partial charge < -0.3 is 20.1 Å². The van der Waals surface area contributed by atoms with E-state index < -0.39 is 0 Å². The van der Waals surface area contributed by atoms with Crippen molar-refractivity contribution in [2.24, 2.45) is 0 Å². The van der Waals surface area contributed by atoms with Gasteiger partial charge in [0.1, 0.15) is 5.75 Å². The van der Waals surface area contributed by atoms with Gasteiger partial charge in [0.25, 0.3) is 0 Å². The van der Waals surface area contributed by atoms with Gasteiger partial charge in [0.05, 0.1) is 19.3 Å². The number of hydrogen-bond acceptors (Lipinski definition) is 4. The van der Waals surface area contributed by atoms with E-state index in [-0.39, 0.29) is 12.5 Å². The molecule has 0 atom stereocenters. The molecule has 1 rings (SSSR count). The van der Waals surface area contributed by atoms with Gasteiger partial charge in [-0.05, 0) is 31.0 Å². The summed E-state index contributed by atoms with van der Waals surface area (Å²) in [6.45, 7) is 3.50. The number of hydrogen-bond donors (Lipinski definition) is 2. The molecule has 19 heavy (non-hydrogen) atoms. The number of anilines is 1. The summed E-state index contributed by atoms with van der Waals surface area (Å²) in [7, 11) is 3.26. The van der Waals surface area contributed by atoms with E-state index in [4.69, 9.17) is 9.47 Å². The zero-order valence-electron chi connectivity index (χ0n) is 11.8. The van der Waals surface area contributed by atoms with Crippen LogP contribution in [0.4, 0.5) is 5.69 Å².